The monoisotopic (exact) mass is 323 g/mol. The molecule has 3 rings (SSSR count). The zero-order valence-corrected chi connectivity index (χ0v) is 14.2. The highest BCUT2D eigenvalue weighted by Crippen LogP contribution is 2.27. The van der Waals surface area contributed by atoms with Gasteiger partial charge in [0, 0.05) is 12.4 Å². The third kappa shape index (κ3) is 3.27. The van der Waals surface area contributed by atoms with Gasteiger partial charge >= 0.3 is 0 Å². The van der Waals surface area contributed by atoms with Gasteiger partial charge in [-0.25, -0.2) is 0 Å². The number of amides is 1. The lowest BCUT2D eigenvalue weighted by atomic mass is 10.1. The Hall–Kier alpha value is -2.75. The fourth-order valence-electron chi connectivity index (χ4n) is 2.66. The molecule has 0 aliphatic carbocycles. The number of carbonyl (C=O) groups is 1. The topological polar surface area (TPSA) is 42.7 Å². The number of methoxy groups -OCH3 is 1. The summed E-state index contributed by atoms with van der Waals surface area (Å²) in [5.41, 5.74) is 1.81. The molecule has 0 radical (unpaired) electrons. The fourth-order valence-corrected chi connectivity index (χ4v) is 2.66. The molecule has 0 N–H and O–H groups in total. The molecule has 1 unspecified atom stereocenters. The number of fused-ring (bicyclic) bond motifs is 1. The second kappa shape index (κ2) is 6.79. The van der Waals surface area contributed by atoms with E-state index < -0.39 is 0 Å². The zero-order valence-electron chi connectivity index (χ0n) is 14.2. The van der Waals surface area contributed by atoms with Crippen molar-refractivity contribution in [3.05, 3.63) is 65.9 Å². The Bertz CT molecular complexity index is 802. The number of hydrogen-bond donors (Lipinski definition) is 0. The van der Waals surface area contributed by atoms with Crippen LogP contribution in [-0.2, 0) is 11.2 Å². The minimum absolute atomic E-state index is 0.0492. The van der Waals surface area contributed by atoms with Gasteiger partial charge in [-0.3, -0.25) is 4.79 Å². The summed E-state index contributed by atoms with van der Waals surface area (Å²) < 4.78 is 11.0. The summed E-state index contributed by atoms with van der Waals surface area (Å²) >= 11 is 0. The number of rotatable bonds is 5. The number of carbonyl (C=O) groups excluding carboxylic acids is 1. The van der Waals surface area contributed by atoms with E-state index in [9.17, 15) is 4.79 Å². The van der Waals surface area contributed by atoms with Crippen LogP contribution in [0.5, 0.6) is 5.75 Å². The molecule has 4 nitrogen and oxygen atoms in total. The molecular formula is C20H21NO3. The van der Waals surface area contributed by atoms with Crippen LogP contribution in [-0.4, -0.2) is 25.0 Å². The third-order valence-electron chi connectivity index (χ3n) is 4.35. The lowest BCUT2D eigenvalue weighted by Crippen LogP contribution is -2.30. The molecular weight excluding hydrogens is 302 g/mol. The van der Waals surface area contributed by atoms with Gasteiger partial charge in [0.1, 0.15) is 17.1 Å². The fraction of sp³-hybridized carbons (Fsp3) is 0.250. The van der Waals surface area contributed by atoms with Gasteiger partial charge in [0.2, 0.25) is 5.91 Å². The molecule has 4 heteroatoms. The van der Waals surface area contributed by atoms with Gasteiger partial charge < -0.3 is 14.1 Å². The molecule has 24 heavy (non-hydrogen) atoms. The van der Waals surface area contributed by atoms with E-state index in [1.165, 1.54) is 0 Å². The largest absolute Gasteiger partial charge is 0.497 e. The summed E-state index contributed by atoms with van der Waals surface area (Å²) in [5, 5.41) is 1.05. The van der Waals surface area contributed by atoms with Crippen molar-refractivity contribution in [3.8, 4) is 5.75 Å². The van der Waals surface area contributed by atoms with Crippen LogP contribution in [0.25, 0.3) is 11.0 Å². The molecule has 1 atom stereocenters. The minimum Gasteiger partial charge on any atom is -0.497 e. The van der Waals surface area contributed by atoms with Gasteiger partial charge in [0.25, 0.3) is 0 Å². The molecule has 0 aliphatic rings. The molecule has 3 aromatic rings. The van der Waals surface area contributed by atoms with Gasteiger partial charge in [-0.05, 0) is 36.8 Å². The summed E-state index contributed by atoms with van der Waals surface area (Å²) in [7, 11) is 3.44. The number of benzene rings is 2. The van der Waals surface area contributed by atoms with Crippen molar-refractivity contribution in [1.82, 2.24) is 4.90 Å². The quantitative estimate of drug-likeness (QED) is 0.706. The number of furan rings is 1. The normalized spacial score (nSPS) is 12.1. The Kier molecular flexibility index (Phi) is 4.56. The number of likely N-dealkylation sites (N-methyl/N-ethyl adjacent to an activating group) is 1. The Balaban J connectivity index is 1.71. The predicted octanol–water partition coefficient (Wildman–Crippen LogP) is 4.20. The summed E-state index contributed by atoms with van der Waals surface area (Å²) in [6, 6.07) is 17.3. The minimum atomic E-state index is -0.122. The van der Waals surface area contributed by atoms with Crippen molar-refractivity contribution in [2.75, 3.05) is 14.2 Å². The maximum Gasteiger partial charge on any atom is 0.227 e. The van der Waals surface area contributed by atoms with Crippen molar-refractivity contribution in [2.24, 2.45) is 0 Å². The maximum atomic E-state index is 12.5. The van der Waals surface area contributed by atoms with E-state index in [1.807, 2.05) is 68.6 Å². The first-order chi connectivity index (χ1) is 11.6. The number of para-hydroxylation sites is 1. The summed E-state index contributed by atoms with van der Waals surface area (Å²) in [6.07, 6.45) is 0.352. The summed E-state index contributed by atoms with van der Waals surface area (Å²) in [5.74, 6) is 1.63. The standard InChI is InChI=1S/C20H21NO3/c1-14(19-13-16-6-4-5-7-18(16)24-19)21(2)20(22)12-15-8-10-17(23-3)11-9-15/h4-11,13-14H,12H2,1-3H3. The zero-order chi connectivity index (χ0) is 17.1. The lowest BCUT2D eigenvalue weighted by molar-refractivity contribution is -0.131. The number of nitrogens with zero attached hydrogens (tertiary/aromatic N) is 1. The van der Waals surface area contributed by atoms with Crippen LogP contribution in [0.4, 0.5) is 0 Å². The maximum absolute atomic E-state index is 12.5. The average Bonchev–Trinajstić information content (AvgIpc) is 3.05. The molecule has 0 saturated heterocycles. The lowest BCUT2D eigenvalue weighted by Gasteiger charge is -2.23. The van der Waals surface area contributed by atoms with E-state index in [0.29, 0.717) is 6.42 Å². The van der Waals surface area contributed by atoms with E-state index in [0.717, 1.165) is 28.0 Å². The van der Waals surface area contributed by atoms with Crippen LogP contribution in [0, 0.1) is 0 Å². The Morgan fingerprint density at radius 3 is 2.54 bits per heavy atom. The molecule has 2 aromatic carbocycles. The summed E-state index contributed by atoms with van der Waals surface area (Å²) in [6.45, 7) is 1.98. The van der Waals surface area contributed by atoms with Crippen molar-refractivity contribution in [2.45, 2.75) is 19.4 Å². The molecule has 0 fully saturated rings. The Morgan fingerprint density at radius 1 is 1.17 bits per heavy atom. The molecule has 0 saturated carbocycles. The predicted molar refractivity (Wildman–Crippen MR) is 94.1 cm³/mol. The van der Waals surface area contributed by atoms with E-state index in [2.05, 4.69) is 0 Å². The van der Waals surface area contributed by atoms with Gasteiger partial charge in [-0.1, -0.05) is 30.3 Å². The average molecular weight is 323 g/mol. The van der Waals surface area contributed by atoms with Crippen molar-refractivity contribution < 1.29 is 13.9 Å². The van der Waals surface area contributed by atoms with E-state index in [4.69, 9.17) is 9.15 Å². The third-order valence-corrected chi connectivity index (χ3v) is 4.35. The highest BCUT2D eigenvalue weighted by atomic mass is 16.5. The smallest absolute Gasteiger partial charge is 0.227 e. The summed E-state index contributed by atoms with van der Waals surface area (Å²) in [4.78, 5) is 14.3. The van der Waals surface area contributed by atoms with E-state index in [-0.39, 0.29) is 11.9 Å². The molecule has 1 aromatic heterocycles. The SMILES string of the molecule is COc1ccc(CC(=O)N(C)C(C)c2cc3ccccc3o2)cc1. The van der Waals surface area contributed by atoms with Gasteiger partial charge in [0.15, 0.2) is 0 Å². The highest BCUT2D eigenvalue weighted by Gasteiger charge is 2.20. The van der Waals surface area contributed by atoms with Crippen molar-refractivity contribution in [1.29, 1.82) is 0 Å². The van der Waals surface area contributed by atoms with Crippen LogP contribution in [0.2, 0.25) is 0 Å². The Labute approximate surface area is 141 Å². The van der Waals surface area contributed by atoms with Crippen LogP contribution >= 0.6 is 0 Å². The van der Waals surface area contributed by atoms with Gasteiger partial charge in [0.05, 0.1) is 19.6 Å². The number of ether oxygens (including phenoxy) is 1. The Morgan fingerprint density at radius 2 is 1.88 bits per heavy atom. The molecule has 124 valence electrons. The van der Waals surface area contributed by atoms with Crippen molar-refractivity contribution in [3.63, 3.8) is 0 Å². The van der Waals surface area contributed by atoms with Crippen molar-refractivity contribution >= 4 is 16.9 Å². The molecule has 0 spiro atoms. The van der Waals surface area contributed by atoms with Crippen LogP contribution in [0.1, 0.15) is 24.3 Å². The van der Waals surface area contributed by atoms with E-state index in [1.54, 1.807) is 12.0 Å². The van der Waals surface area contributed by atoms with Crippen LogP contribution in [0.3, 0.4) is 0 Å². The highest BCUT2D eigenvalue weighted by molar-refractivity contribution is 5.80. The second-order valence-electron chi connectivity index (χ2n) is 5.89. The number of hydrogen-bond acceptors (Lipinski definition) is 3. The molecule has 0 aliphatic heterocycles. The first kappa shape index (κ1) is 16.1. The molecule has 1 amide bonds. The molecule has 1 heterocycles. The van der Waals surface area contributed by atoms with Crippen LogP contribution in [0.15, 0.2) is 59.0 Å². The van der Waals surface area contributed by atoms with Gasteiger partial charge in [-0.2, -0.15) is 0 Å². The second-order valence-corrected chi connectivity index (χ2v) is 5.89. The van der Waals surface area contributed by atoms with Gasteiger partial charge in [-0.15, -0.1) is 0 Å². The first-order valence-electron chi connectivity index (χ1n) is 7.95. The molecule has 0 bridgehead atoms. The van der Waals surface area contributed by atoms with Crippen LogP contribution < -0.4 is 4.74 Å². The first-order valence-corrected chi connectivity index (χ1v) is 7.95. The van der Waals surface area contributed by atoms with E-state index >= 15 is 0 Å².